The summed E-state index contributed by atoms with van der Waals surface area (Å²) in [6.07, 6.45) is -5.31. The lowest BCUT2D eigenvalue weighted by Crippen LogP contribution is -2.66. The molecule has 0 unspecified atom stereocenters. The number of benzene rings is 2. The van der Waals surface area contributed by atoms with Crippen molar-refractivity contribution in [1.82, 2.24) is 10.2 Å². The van der Waals surface area contributed by atoms with Crippen LogP contribution >= 0.6 is 11.6 Å². The van der Waals surface area contributed by atoms with Crippen LogP contribution in [-0.2, 0) is 16.0 Å². The van der Waals surface area contributed by atoms with Gasteiger partial charge in [-0.3, -0.25) is 14.4 Å². The lowest BCUT2D eigenvalue weighted by atomic mass is 9.72. The number of ketones is 1. The van der Waals surface area contributed by atoms with Gasteiger partial charge in [-0.15, -0.1) is 0 Å². The lowest BCUT2D eigenvalue weighted by Gasteiger charge is -2.35. The van der Waals surface area contributed by atoms with Crippen LogP contribution in [0.25, 0.3) is 0 Å². The summed E-state index contributed by atoms with van der Waals surface area (Å²) >= 11 is 6.06. The third kappa shape index (κ3) is 4.97. The molecule has 208 valence electrons. The first-order valence-corrected chi connectivity index (χ1v) is 12.6. The number of nitrogens with zero attached hydrogens (tertiary/aromatic N) is 1. The van der Waals surface area contributed by atoms with Crippen molar-refractivity contribution < 1.29 is 37.0 Å². The van der Waals surface area contributed by atoms with Gasteiger partial charge in [0.1, 0.15) is 0 Å². The van der Waals surface area contributed by atoms with E-state index in [4.69, 9.17) is 21.1 Å². The Kier molecular flexibility index (Phi) is 7.46. The van der Waals surface area contributed by atoms with Crippen LogP contribution in [0.2, 0.25) is 5.02 Å². The summed E-state index contributed by atoms with van der Waals surface area (Å²) in [6.45, 7) is 3.35. The van der Waals surface area contributed by atoms with E-state index < -0.39 is 40.3 Å². The molecule has 39 heavy (non-hydrogen) atoms. The second-order valence-electron chi connectivity index (χ2n) is 10.3. The number of allylic oxidation sites excluding steroid dienone is 1. The summed E-state index contributed by atoms with van der Waals surface area (Å²) in [6, 6.07) is 10.6. The van der Waals surface area contributed by atoms with E-state index in [0.717, 1.165) is 4.90 Å². The number of methoxy groups -OCH3 is 2. The van der Waals surface area contributed by atoms with Crippen LogP contribution in [-0.4, -0.2) is 55.0 Å². The van der Waals surface area contributed by atoms with E-state index in [1.165, 1.54) is 38.5 Å². The minimum Gasteiger partial charge on any atom is -0.493 e. The molecule has 2 aliphatic rings. The smallest absolute Gasteiger partial charge is 0.425 e. The third-order valence-electron chi connectivity index (χ3n) is 7.04. The highest BCUT2D eigenvalue weighted by Gasteiger charge is 2.71. The molecule has 0 saturated carbocycles. The van der Waals surface area contributed by atoms with E-state index in [1.807, 2.05) is 5.32 Å². The maximum Gasteiger partial charge on any atom is 0.425 e. The minimum absolute atomic E-state index is 0.0292. The van der Waals surface area contributed by atoms with E-state index >= 15 is 0 Å². The van der Waals surface area contributed by atoms with Crippen molar-refractivity contribution in [1.29, 1.82) is 0 Å². The molecular formula is C28H28ClF3N2O5. The first kappa shape index (κ1) is 28.5. The second kappa shape index (κ2) is 10.2. The monoisotopic (exact) mass is 564 g/mol. The van der Waals surface area contributed by atoms with Gasteiger partial charge in [-0.1, -0.05) is 43.6 Å². The normalized spacial score (nSPS) is 20.7. The van der Waals surface area contributed by atoms with Crippen molar-refractivity contribution >= 4 is 29.2 Å². The van der Waals surface area contributed by atoms with E-state index in [9.17, 15) is 27.6 Å². The van der Waals surface area contributed by atoms with E-state index in [-0.39, 0.29) is 42.1 Å². The number of Topliss-reactive ketones (excluding diaryl/α,β-unsaturated/α-hetero) is 1. The number of carbonyl (C=O) groups excluding carboxylic acids is 3. The molecule has 1 atom stereocenters. The molecule has 11 heteroatoms. The number of hydrogen-bond donors (Lipinski definition) is 1. The van der Waals surface area contributed by atoms with Gasteiger partial charge >= 0.3 is 6.18 Å². The summed E-state index contributed by atoms with van der Waals surface area (Å²) in [5.74, 6) is -2.57. The fourth-order valence-corrected chi connectivity index (χ4v) is 5.44. The molecule has 0 aromatic heterocycles. The highest BCUT2D eigenvalue weighted by molar-refractivity contribution is 6.34. The molecule has 2 aromatic rings. The Labute approximate surface area is 228 Å². The number of nitrogens with one attached hydrogen (secondary N) is 1. The first-order chi connectivity index (χ1) is 18.3. The molecule has 7 nitrogen and oxygen atoms in total. The molecule has 2 amide bonds. The maximum absolute atomic E-state index is 15.0. The number of carbonyl (C=O) groups is 3. The average Bonchev–Trinajstić information content (AvgIpc) is 3.09. The van der Waals surface area contributed by atoms with Crippen LogP contribution in [0.15, 0.2) is 53.7 Å². The van der Waals surface area contributed by atoms with Crippen LogP contribution in [0.1, 0.15) is 42.6 Å². The molecule has 1 aliphatic carbocycles. The van der Waals surface area contributed by atoms with Gasteiger partial charge in [-0.2, -0.15) is 13.2 Å². The minimum atomic E-state index is -5.31. The molecule has 1 heterocycles. The third-order valence-corrected chi connectivity index (χ3v) is 7.37. The average molecular weight is 565 g/mol. The molecule has 4 rings (SSSR count). The van der Waals surface area contributed by atoms with Crippen molar-refractivity contribution in [2.45, 2.75) is 44.8 Å². The van der Waals surface area contributed by atoms with Gasteiger partial charge in [-0.25, -0.2) is 0 Å². The first-order valence-electron chi connectivity index (χ1n) is 12.2. The van der Waals surface area contributed by atoms with Gasteiger partial charge in [0.25, 0.3) is 11.8 Å². The zero-order valence-electron chi connectivity index (χ0n) is 21.9. The molecule has 1 N–H and O–H groups in total. The van der Waals surface area contributed by atoms with Crippen LogP contribution in [0, 0.1) is 5.41 Å². The molecular weight excluding hydrogens is 537 g/mol. The summed E-state index contributed by atoms with van der Waals surface area (Å²) in [4.78, 5) is 41.2. The zero-order valence-corrected chi connectivity index (χ0v) is 22.6. The Hall–Kier alpha value is -3.53. The summed E-state index contributed by atoms with van der Waals surface area (Å²) < 4.78 is 55.5. The van der Waals surface area contributed by atoms with Gasteiger partial charge in [0.05, 0.1) is 30.4 Å². The number of ether oxygens (including phenoxy) is 2. The van der Waals surface area contributed by atoms with Crippen molar-refractivity contribution in [2.24, 2.45) is 5.41 Å². The SMILES string of the molecule is COc1ccc(CCN2C(=O)[C@](NC(=O)c3ccccc3Cl)(C(F)(F)F)C3=C2CC(C)(C)CC3=O)cc1OC. The topological polar surface area (TPSA) is 84.9 Å². The van der Waals surface area contributed by atoms with E-state index in [0.29, 0.717) is 17.1 Å². The molecule has 0 saturated heterocycles. The number of amides is 2. The van der Waals surface area contributed by atoms with Crippen molar-refractivity contribution in [3.05, 3.63) is 69.9 Å². The second-order valence-corrected chi connectivity index (χ2v) is 10.7. The molecule has 0 bridgehead atoms. The molecule has 2 aromatic carbocycles. The zero-order chi connectivity index (χ0) is 28.8. The molecule has 0 spiro atoms. The fraction of sp³-hybridized carbons (Fsp3) is 0.393. The quantitative estimate of drug-likeness (QED) is 0.505. The van der Waals surface area contributed by atoms with Gasteiger partial charge < -0.3 is 19.7 Å². The largest absolute Gasteiger partial charge is 0.493 e. The van der Waals surface area contributed by atoms with Gasteiger partial charge in [0.2, 0.25) is 5.54 Å². The fourth-order valence-electron chi connectivity index (χ4n) is 5.22. The van der Waals surface area contributed by atoms with Gasteiger partial charge in [-0.05, 0) is 48.1 Å². The van der Waals surface area contributed by atoms with Crippen molar-refractivity contribution in [3.8, 4) is 11.5 Å². The highest BCUT2D eigenvalue weighted by Crippen LogP contribution is 2.52. The Bertz CT molecular complexity index is 1370. The number of rotatable bonds is 7. The lowest BCUT2D eigenvalue weighted by molar-refractivity contribution is -0.190. The molecule has 0 fully saturated rings. The summed E-state index contributed by atoms with van der Waals surface area (Å²) in [7, 11) is 2.93. The van der Waals surface area contributed by atoms with Gasteiger partial charge in [0, 0.05) is 18.7 Å². The standard InChI is InChI=1S/C28H28ClF3N2O5/c1-26(2)14-19-23(20(35)15-26)27(28(30,31)32,33-24(36)17-7-5-6-8-18(17)29)25(37)34(19)12-11-16-9-10-21(38-3)22(13-16)39-4/h5-10,13H,11-12,14-15H2,1-4H3,(H,33,36)/t27-/m0/s1. The number of halogens is 4. The number of hydrogen-bond acceptors (Lipinski definition) is 5. The predicted octanol–water partition coefficient (Wildman–Crippen LogP) is 5.12. The van der Waals surface area contributed by atoms with E-state index in [2.05, 4.69) is 0 Å². The highest BCUT2D eigenvalue weighted by atomic mass is 35.5. The van der Waals surface area contributed by atoms with Gasteiger partial charge in [0.15, 0.2) is 17.3 Å². The molecule has 1 aliphatic heterocycles. The Morgan fingerprint density at radius 2 is 1.72 bits per heavy atom. The van der Waals surface area contributed by atoms with Crippen LogP contribution in [0.5, 0.6) is 11.5 Å². The Morgan fingerprint density at radius 3 is 2.33 bits per heavy atom. The maximum atomic E-state index is 15.0. The van der Waals surface area contributed by atoms with Crippen molar-refractivity contribution in [3.63, 3.8) is 0 Å². The Morgan fingerprint density at radius 1 is 1.05 bits per heavy atom. The Balaban J connectivity index is 1.79. The van der Waals surface area contributed by atoms with Crippen LogP contribution in [0.3, 0.4) is 0 Å². The van der Waals surface area contributed by atoms with Crippen LogP contribution < -0.4 is 14.8 Å². The predicted molar refractivity (Wildman–Crippen MR) is 138 cm³/mol. The van der Waals surface area contributed by atoms with Crippen molar-refractivity contribution in [2.75, 3.05) is 20.8 Å². The number of alkyl halides is 3. The van der Waals surface area contributed by atoms with E-state index in [1.54, 1.807) is 32.0 Å². The summed E-state index contributed by atoms with van der Waals surface area (Å²) in [5.41, 5.74) is -4.56. The molecule has 0 radical (unpaired) electrons. The summed E-state index contributed by atoms with van der Waals surface area (Å²) in [5, 5.41) is 1.81. The van der Waals surface area contributed by atoms with Crippen LogP contribution in [0.4, 0.5) is 13.2 Å².